The average Bonchev–Trinajstić information content (AvgIpc) is 2.28. The molecule has 0 saturated heterocycles. The molecule has 0 aromatic heterocycles. The lowest BCUT2D eigenvalue weighted by atomic mass is 10.3. The molecule has 56 valence electrons. The summed E-state index contributed by atoms with van der Waals surface area (Å²) in [5.41, 5.74) is 0. The normalized spacial score (nSPS) is 15.6. The van der Waals surface area contributed by atoms with Crippen molar-refractivity contribution in [1.82, 2.24) is 0 Å². The van der Waals surface area contributed by atoms with Gasteiger partial charge < -0.3 is 0 Å². The van der Waals surface area contributed by atoms with Crippen molar-refractivity contribution in [1.29, 1.82) is 0 Å². The molecule has 0 aliphatic carbocycles. The van der Waals surface area contributed by atoms with Crippen LogP contribution in [0.5, 0.6) is 0 Å². The van der Waals surface area contributed by atoms with Crippen LogP contribution >= 0.6 is 0 Å². The Kier molecular flexibility index (Phi) is 1.68. The van der Waals surface area contributed by atoms with Gasteiger partial charge in [-0.25, -0.2) is 0 Å². The molecule has 1 aliphatic rings. The molecule has 0 spiro atoms. The summed E-state index contributed by atoms with van der Waals surface area (Å²) in [4.78, 5) is 8.79. The number of hydrogen-bond donors (Lipinski definition) is 0. The van der Waals surface area contributed by atoms with Gasteiger partial charge in [0.2, 0.25) is 0 Å². The predicted octanol–water partition coefficient (Wildman–Crippen LogP) is 0.329. The van der Waals surface area contributed by atoms with Crippen LogP contribution in [0.25, 0.3) is 0 Å². The van der Waals surface area contributed by atoms with Gasteiger partial charge in [0.05, 0.1) is 10.7 Å². The highest BCUT2D eigenvalue weighted by atomic mass is 14.8. The highest BCUT2D eigenvalue weighted by molar-refractivity contribution is 5.01. The Morgan fingerprint density at radius 1 is 0.909 bits per heavy atom. The van der Waals surface area contributed by atoms with Crippen LogP contribution in [0.4, 0.5) is 0 Å². The second-order valence-corrected chi connectivity index (χ2v) is 2.61. The number of hydrogen-bond acceptors (Lipinski definition) is 2. The second-order valence-electron chi connectivity index (χ2n) is 2.61. The van der Waals surface area contributed by atoms with E-state index < -0.39 is 0 Å². The minimum Gasteiger partial charge on any atom is -0.283 e. The van der Waals surface area contributed by atoms with E-state index in [-0.39, 0.29) is 0 Å². The van der Waals surface area contributed by atoms with E-state index in [2.05, 4.69) is 9.98 Å². The monoisotopic (exact) mass is 146 g/mol. The SMILES string of the molecule is c1ccc2c(c1)=NCCCN=2. The summed E-state index contributed by atoms with van der Waals surface area (Å²) in [6.45, 7) is 1.83. The number of nitrogens with zero attached hydrogens (tertiary/aromatic N) is 2. The van der Waals surface area contributed by atoms with E-state index >= 15 is 0 Å². The lowest BCUT2D eigenvalue weighted by Crippen LogP contribution is -2.23. The number of fused-ring (bicyclic) bond motifs is 1. The van der Waals surface area contributed by atoms with Gasteiger partial charge in [0.15, 0.2) is 0 Å². The lowest BCUT2D eigenvalue weighted by molar-refractivity contribution is 0.842. The minimum absolute atomic E-state index is 0.917. The van der Waals surface area contributed by atoms with Crippen LogP contribution in [0, 0.1) is 0 Å². The fourth-order valence-electron chi connectivity index (χ4n) is 1.20. The topological polar surface area (TPSA) is 24.7 Å². The van der Waals surface area contributed by atoms with Crippen molar-refractivity contribution in [2.75, 3.05) is 13.1 Å². The molecule has 0 bridgehead atoms. The first kappa shape index (κ1) is 6.53. The van der Waals surface area contributed by atoms with Gasteiger partial charge in [0, 0.05) is 13.1 Å². The van der Waals surface area contributed by atoms with Crippen LogP contribution in [0.2, 0.25) is 0 Å². The Bertz CT molecular complexity index is 319. The summed E-state index contributed by atoms with van der Waals surface area (Å²) < 4.78 is 0. The molecule has 1 heterocycles. The molecule has 0 amide bonds. The molecule has 1 aromatic carbocycles. The molecule has 2 heteroatoms. The summed E-state index contributed by atoms with van der Waals surface area (Å²) in [5, 5.41) is 2.09. The highest BCUT2D eigenvalue weighted by Gasteiger charge is 1.91. The third kappa shape index (κ3) is 1.29. The minimum atomic E-state index is 0.917. The van der Waals surface area contributed by atoms with Gasteiger partial charge in [-0.2, -0.15) is 0 Å². The Hall–Kier alpha value is -1.18. The van der Waals surface area contributed by atoms with E-state index in [1.165, 1.54) is 0 Å². The third-order valence-corrected chi connectivity index (χ3v) is 1.76. The van der Waals surface area contributed by atoms with Crippen molar-refractivity contribution < 1.29 is 0 Å². The van der Waals surface area contributed by atoms with E-state index in [0.717, 1.165) is 30.2 Å². The lowest BCUT2D eigenvalue weighted by Gasteiger charge is -1.83. The Labute approximate surface area is 65.3 Å². The summed E-state index contributed by atoms with van der Waals surface area (Å²) in [7, 11) is 0. The zero-order valence-electron chi connectivity index (χ0n) is 6.33. The molecule has 1 aliphatic heterocycles. The molecule has 1 aromatic rings. The van der Waals surface area contributed by atoms with Gasteiger partial charge in [-0.05, 0) is 18.6 Å². The van der Waals surface area contributed by atoms with E-state index in [4.69, 9.17) is 0 Å². The largest absolute Gasteiger partial charge is 0.283 e. The van der Waals surface area contributed by atoms with Gasteiger partial charge >= 0.3 is 0 Å². The van der Waals surface area contributed by atoms with Crippen LogP contribution < -0.4 is 10.7 Å². The Morgan fingerprint density at radius 2 is 1.45 bits per heavy atom. The van der Waals surface area contributed by atoms with Gasteiger partial charge in [-0.3, -0.25) is 9.98 Å². The van der Waals surface area contributed by atoms with Crippen molar-refractivity contribution >= 4 is 0 Å². The van der Waals surface area contributed by atoms with Crippen molar-refractivity contribution in [3.8, 4) is 0 Å². The van der Waals surface area contributed by atoms with E-state index in [1.807, 2.05) is 24.3 Å². The van der Waals surface area contributed by atoms with Crippen LogP contribution in [0.15, 0.2) is 34.3 Å². The summed E-state index contributed by atoms with van der Waals surface area (Å²) in [6.07, 6.45) is 1.08. The highest BCUT2D eigenvalue weighted by Crippen LogP contribution is 1.84. The Morgan fingerprint density at radius 3 is 2.00 bits per heavy atom. The van der Waals surface area contributed by atoms with Gasteiger partial charge in [-0.15, -0.1) is 0 Å². The fourth-order valence-corrected chi connectivity index (χ4v) is 1.20. The first-order valence-corrected chi connectivity index (χ1v) is 3.91. The maximum absolute atomic E-state index is 4.39. The van der Waals surface area contributed by atoms with Crippen molar-refractivity contribution in [3.05, 3.63) is 35.0 Å². The molecule has 2 nitrogen and oxygen atoms in total. The molecular weight excluding hydrogens is 136 g/mol. The van der Waals surface area contributed by atoms with Crippen LogP contribution in [-0.2, 0) is 0 Å². The molecule has 0 atom stereocenters. The number of para-hydroxylation sites is 2. The Balaban J connectivity index is 2.73. The van der Waals surface area contributed by atoms with E-state index in [0.29, 0.717) is 0 Å². The van der Waals surface area contributed by atoms with Crippen molar-refractivity contribution in [2.24, 2.45) is 9.98 Å². The van der Waals surface area contributed by atoms with Crippen LogP contribution in [0.3, 0.4) is 0 Å². The smallest absolute Gasteiger partial charge is 0.0826 e. The fraction of sp³-hybridized carbons (Fsp3) is 0.333. The first-order chi connectivity index (χ1) is 5.47. The zero-order chi connectivity index (χ0) is 7.52. The predicted molar refractivity (Wildman–Crippen MR) is 43.1 cm³/mol. The molecular formula is C9H10N2. The molecule has 0 saturated carbocycles. The average molecular weight is 146 g/mol. The first-order valence-electron chi connectivity index (χ1n) is 3.91. The van der Waals surface area contributed by atoms with E-state index in [9.17, 15) is 0 Å². The van der Waals surface area contributed by atoms with Crippen molar-refractivity contribution in [3.63, 3.8) is 0 Å². The maximum Gasteiger partial charge on any atom is 0.0826 e. The van der Waals surface area contributed by atoms with Gasteiger partial charge in [0.1, 0.15) is 0 Å². The van der Waals surface area contributed by atoms with Crippen LogP contribution in [-0.4, -0.2) is 13.1 Å². The molecule has 11 heavy (non-hydrogen) atoms. The molecule has 0 radical (unpaired) electrons. The zero-order valence-corrected chi connectivity index (χ0v) is 6.33. The molecule has 2 rings (SSSR count). The summed E-state index contributed by atoms with van der Waals surface area (Å²) >= 11 is 0. The molecule has 0 fully saturated rings. The standard InChI is InChI=1S/C9H10N2/c1-2-5-9-8(4-1)10-6-3-7-11-9/h1-2,4-5H,3,6-7H2. The van der Waals surface area contributed by atoms with Gasteiger partial charge in [0.25, 0.3) is 0 Å². The van der Waals surface area contributed by atoms with Gasteiger partial charge in [-0.1, -0.05) is 12.1 Å². The number of benzene rings is 1. The van der Waals surface area contributed by atoms with Crippen molar-refractivity contribution in [2.45, 2.75) is 6.42 Å². The van der Waals surface area contributed by atoms with E-state index in [1.54, 1.807) is 0 Å². The number of rotatable bonds is 0. The second kappa shape index (κ2) is 2.82. The maximum atomic E-state index is 4.39. The molecule has 0 unspecified atom stereocenters. The quantitative estimate of drug-likeness (QED) is 0.504. The molecule has 0 N–H and O–H groups in total. The summed E-state index contributed by atoms with van der Waals surface area (Å²) in [6, 6.07) is 8.04. The third-order valence-electron chi connectivity index (χ3n) is 1.76. The van der Waals surface area contributed by atoms with Crippen LogP contribution in [0.1, 0.15) is 6.42 Å². The summed E-state index contributed by atoms with van der Waals surface area (Å²) in [5.74, 6) is 0.